The number of carbonyl (C=O) groups is 1. The molecule has 1 unspecified atom stereocenters. The Balaban J connectivity index is 3.46. The Morgan fingerprint density at radius 2 is 2.25 bits per heavy atom. The summed E-state index contributed by atoms with van der Waals surface area (Å²) in [5.41, 5.74) is 0.306. The molecule has 0 rings (SSSR count). The van der Waals surface area contributed by atoms with Gasteiger partial charge in [0.05, 0.1) is 0 Å². The third-order valence-electron chi connectivity index (χ3n) is 1.26. The first-order valence-electron chi connectivity index (χ1n) is 2.92. The fourth-order valence-electron chi connectivity index (χ4n) is 0.467. The summed E-state index contributed by atoms with van der Waals surface area (Å²) in [5, 5.41) is 0. The van der Waals surface area contributed by atoms with Gasteiger partial charge >= 0.3 is 0 Å². The van der Waals surface area contributed by atoms with Crippen LogP contribution in [0.25, 0.3) is 0 Å². The van der Waals surface area contributed by atoms with Gasteiger partial charge in [0.15, 0.2) is 0 Å². The van der Waals surface area contributed by atoms with Crippen LogP contribution >= 0.6 is 8.58 Å². The summed E-state index contributed by atoms with van der Waals surface area (Å²) in [4.78, 5) is 10.7. The molecule has 0 aliphatic carbocycles. The van der Waals surface area contributed by atoms with Gasteiger partial charge in [0.1, 0.15) is 5.78 Å². The first-order chi connectivity index (χ1) is 3.72. The van der Waals surface area contributed by atoms with Crippen LogP contribution in [0.15, 0.2) is 0 Å². The Labute approximate surface area is 52.6 Å². The molecule has 0 heterocycles. The van der Waals surface area contributed by atoms with E-state index in [1.807, 2.05) is 13.8 Å². The largest absolute Gasteiger partial charge is 0.299 e. The standard InChI is InChI=1S/C6H13OP/c1-4-6(7)5(2)8-3/h5,8H,4H2,1-3H3/t5-/m1/s1. The quantitative estimate of drug-likeness (QED) is 0.534. The van der Waals surface area contributed by atoms with Crippen molar-refractivity contribution in [2.75, 3.05) is 6.66 Å². The van der Waals surface area contributed by atoms with Crippen molar-refractivity contribution >= 4 is 14.4 Å². The summed E-state index contributed by atoms with van der Waals surface area (Å²) in [6.07, 6.45) is 0.696. The highest BCUT2D eigenvalue weighted by Crippen LogP contribution is 2.14. The lowest BCUT2D eigenvalue weighted by Gasteiger charge is -2.02. The Bertz CT molecular complexity index is 80.6. The lowest BCUT2D eigenvalue weighted by atomic mass is 10.2. The van der Waals surface area contributed by atoms with Crippen molar-refractivity contribution < 1.29 is 4.79 Å². The van der Waals surface area contributed by atoms with Crippen molar-refractivity contribution in [3.63, 3.8) is 0 Å². The maximum atomic E-state index is 10.7. The van der Waals surface area contributed by atoms with E-state index in [-0.39, 0.29) is 0 Å². The maximum Gasteiger partial charge on any atom is 0.139 e. The lowest BCUT2D eigenvalue weighted by Crippen LogP contribution is -2.08. The number of ketones is 1. The van der Waals surface area contributed by atoms with Crippen molar-refractivity contribution in [1.82, 2.24) is 0 Å². The molecule has 48 valence electrons. The molecule has 0 spiro atoms. The Hall–Kier alpha value is 0.100. The average Bonchev–Trinajstić information content (AvgIpc) is 1.84. The van der Waals surface area contributed by atoms with Crippen LogP contribution in [0.2, 0.25) is 0 Å². The molecule has 0 saturated heterocycles. The van der Waals surface area contributed by atoms with E-state index in [0.717, 1.165) is 8.58 Å². The number of hydrogen-bond donors (Lipinski definition) is 0. The first-order valence-corrected chi connectivity index (χ1v) is 4.50. The molecule has 2 atom stereocenters. The minimum absolute atomic E-state index is 0.306. The van der Waals surface area contributed by atoms with E-state index in [9.17, 15) is 4.79 Å². The van der Waals surface area contributed by atoms with Gasteiger partial charge in [-0.05, 0) is 6.66 Å². The van der Waals surface area contributed by atoms with Crippen molar-refractivity contribution in [2.24, 2.45) is 0 Å². The Morgan fingerprint density at radius 3 is 2.38 bits per heavy atom. The van der Waals surface area contributed by atoms with Gasteiger partial charge < -0.3 is 0 Å². The van der Waals surface area contributed by atoms with Crippen LogP contribution in [0, 0.1) is 0 Å². The molecule has 0 aromatic carbocycles. The van der Waals surface area contributed by atoms with Gasteiger partial charge in [0, 0.05) is 12.1 Å². The third-order valence-corrected chi connectivity index (χ3v) is 2.45. The number of rotatable bonds is 3. The highest BCUT2D eigenvalue weighted by atomic mass is 31.1. The minimum Gasteiger partial charge on any atom is -0.299 e. The fraction of sp³-hybridized carbons (Fsp3) is 0.833. The zero-order valence-electron chi connectivity index (χ0n) is 5.69. The van der Waals surface area contributed by atoms with E-state index < -0.39 is 0 Å². The molecule has 0 bridgehead atoms. The Kier molecular flexibility index (Phi) is 4.08. The van der Waals surface area contributed by atoms with Gasteiger partial charge in [-0.15, -0.1) is 8.58 Å². The molecule has 0 aromatic heterocycles. The molecule has 0 aromatic rings. The van der Waals surface area contributed by atoms with Crippen molar-refractivity contribution in [1.29, 1.82) is 0 Å². The maximum absolute atomic E-state index is 10.7. The van der Waals surface area contributed by atoms with E-state index in [1.165, 1.54) is 0 Å². The molecule has 8 heavy (non-hydrogen) atoms. The molecule has 2 heteroatoms. The predicted octanol–water partition coefficient (Wildman–Crippen LogP) is 1.66. The summed E-state index contributed by atoms with van der Waals surface area (Å²) in [5.74, 6) is 0.394. The van der Waals surface area contributed by atoms with Crippen LogP contribution in [0.3, 0.4) is 0 Å². The molecule has 0 N–H and O–H groups in total. The molecule has 0 amide bonds. The molecule has 0 radical (unpaired) electrons. The molecular weight excluding hydrogens is 119 g/mol. The van der Waals surface area contributed by atoms with E-state index >= 15 is 0 Å². The average molecular weight is 132 g/mol. The summed E-state index contributed by atoms with van der Waals surface area (Å²) < 4.78 is 0. The van der Waals surface area contributed by atoms with E-state index in [4.69, 9.17) is 0 Å². The second-order valence-corrected chi connectivity index (χ2v) is 3.27. The normalized spacial score (nSPS) is 14.9. The van der Waals surface area contributed by atoms with Gasteiger partial charge in [0.25, 0.3) is 0 Å². The van der Waals surface area contributed by atoms with Crippen molar-refractivity contribution in [3.8, 4) is 0 Å². The van der Waals surface area contributed by atoms with E-state index in [2.05, 4.69) is 6.66 Å². The number of Topliss-reactive ketones (excluding diaryl/α,β-unsaturated/α-hetero) is 1. The van der Waals surface area contributed by atoms with Crippen LogP contribution in [-0.2, 0) is 4.79 Å². The summed E-state index contributed by atoms with van der Waals surface area (Å²) in [6, 6.07) is 0. The lowest BCUT2D eigenvalue weighted by molar-refractivity contribution is -0.118. The third kappa shape index (κ3) is 2.42. The minimum atomic E-state index is 0.306. The SMILES string of the molecule is CCC(=O)[C@@H](C)PC. The predicted molar refractivity (Wildman–Crippen MR) is 39.0 cm³/mol. The van der Waals surface area contributed by atoms with Gasteiger partial charge in [-0.2, -0.15) is 0 Å². The molecular formula is C6H13OP. The van der Waals surface area contributed by atoms with Gasteiger partial charge in [-0.25, -0.2) is 0 Å². The van der Waals surface area contributed by atoms with E-state index in [0.29, 0.717) is 17.9 Å². The smallest absolute Gasteiger partial charge is 0.139 e. The van der Waals surface area contributed by atoms with Crippen LogP contribution in [0.1, 0.15) is 20.3 Å². The fourth-order valence-corrected chi connectivity index (χ4v) is 0.993. The second-order valence-electron chi connectivity index (χ2n) is 1.83. The summed E-state index contributed by atoms with van der Waals surface area (Å²) in [6.45, 7) is 5.97. The summed E-state index contributed by atoms with van der Waals surface area (Å²) in [7, 11) is 0.769. The molecule has 0 saturated carbocycles. The highest BCUT2D eigenvalue weighted by Gasteiger charge is 2.05. The molecule has 0 fully saturated rings. The van der Waals surface area contributed by atoms with Crippen LogP contribution in [0.4, 0.5) is 0 Å². The number of carbonyl (C=O) groups excluding carboxylic acids is 1. The molecule has 0 aliphatic rings. The summed E-state index contributed by atoms with van der Waals surface area (Å²) >= 11 is 0. The zero-order valence-corrected chi connectivity index (χ0v) is 6.69. The zero-order chi connectivity index (χ0) is 6.57. The Morgan fingerprint density at radius 1 is 1.75 bits per heavy atom. The molecule has 0 aliphatic heterocycles. The first kappa shape index (κ1) is 8.10. The van der Waals surface area contributed by atoms with Crippen molar-refractivity contribution in [2.45, 2.75) is 25.9 Å². The molecule has 1 nitrogen and oxygen atoms in total. The second kappa shape index (κ2) is 4.03. The van der Waals surface area contributed by atoms with Crippen LogP contribution < -0.4 is 0 Å². The van der Waals surface area contributed by atoms with Gasteiger partial charge in [-0.1, -0.05) is 13.8 Å². The van der Waals surface area contributed by atoms with Crippen LogP contribution in [0.5, 0.6) is 0 Å². The van der Waals surface area contributed by atoms with E-state index in [1.54, 1.807) is 0 Å². The number of hydrogen-bond acceptors (Lipinski definition) is 1. The van der Waals surface area contributed by atoms with Gasteiger partial charge in [-0.3, -0.25) is 4.79 Å². The topological polar surface area (TPSA) is 17.1 Å². The highest BCUT2D eigenvalue weighted by molar-refractivity contribution is 7.39. The monoisotopic (exact) mass is 132 g/mol. The van der Waals surface area contributed by atoms with Crippen molar-refractivity contribution in [3.05, 3.63) is 0 Å². The van der Waals surface area contributed by atoms with Crippen LogP contribution in [-0.4, -0.2) is 18.1 Å². The van der Waals surface area contributed by atoms with Gasteiger partial charge in [0.2, 0.25) is 0 Å².